The number of hydrogen-bond acceptors (Lipinski definition) is 5. The molecule has 7 nitrogen and oxygen atoms in total. The van der Waals surface area contributed by atoms with E-state index in [0.29, 0.717) is 11.4 Å². The highest BCUT2D eigenvalue weighted by atomic mass is 35.5. The van der Waals surface area contributed by atoms with Gasteiger partial charge >= 0.3 is 0 Å². The molecule has 0 aromatic carbocycles. The molecule has 1 N–H and O–H groups in total. The summed E-state index contributed by atoms with van der Waals surface area (Å²) < 4.78 is 30.6. The number of sulfonamides is 1. The summed E-state index contributed by atoms with van der Waals surface area (Å²) in [5.41, 5.74) is 0. The molecule has 0 fully saturated rings. The molecule has 3 aromatic heterocycles. The third-order valence-corrected chi connectivity index (χ3v) is 5.61. The van der Waals surface area contributed by atoms with Crippen LogP contribution in [-0.4, -0.2) is 33.9 Å². The predicted molar refractivity (Wildman–Crippen MR) is 80.2 cm³/mol. The van der Waals surface area contributed by atoms with Crippen LogP contribution >= 0.6 is 22.9 Å². The summed E-state index contributed by atoms with van der Waals surface area (Å²) in [5, 5.41) is 1.71. The minimum Gasteiger partial charge on any atom is -0.338 e. The molecule has 3 rings (SSSR count). The largest absolute Gasteiger partial charge is 0.338 e. The van der Waals surface area contributed by atoms with Gasteiger partial charge in [-0.1, -0.05) is 11.6 Å². The SMILES string of the molecule is Cn1ccnc1CCNS(=O)(=O)c1c(Cl)nc2sccn12. The van der Waals surface area contributed by atoms with Crippen molar-refractivity contribution in [2.75, 3.05) is 6.54 Å². The average Bonchev–Trinajstić information content (AvgIpc) is 3.05. The number of aromatic nitrogens is 4. The molecule has 0 aliphatic rings. The van der Waals surface area contributed by atoms with Crippen molar-refractivity contribution in [2.24, 2.45) is 7.05 Å². The van der Waals surface area contributed by atoms with Gasteiger partial charge in [-0.05, 0) is 0 Å². The highest BCUT2D eigenvalue weighted by Crippen LogP contribution is 2.25. The monoisotopic (exact) mass is 345 g/mol. The maximum Gasteiger partial charge on any atom is 0.259 e. The lowest BCUT2D eigenvalue weighted by atomic mass is 10.4. The van der Waals surface area contributed by atoms with Crippen molar-refractivity contribution in [3.8, 4) is 0 Å². The molecule has 0 unspecified atom stereocenters. The third-order valence-electron chi connectivity index (χ3n) is 2.99. The Hall–Kier alpha value is -1.42. The number of imidazole rings is 2. The second-order valence-electron chi connectivity index (χ2n) is 4.37. The lowest BCUT2D eigenvalue weighted by Gasteiger charge is -2.06. The van der Waals surface area contributed by atoms with E-state index in [4.69, 9.17) is 11.6 Å². The Bertz CT molecular complexity index is 880. The van der Waals surface area contributed by atoms with Crippen molar-refractivity contribution < 1.29 is 8.42 Å². The zero-order chi connectivity index (χ0) is 15.0. The van der Waals surface area contributed by atoms with E-state index < -0.39 is 10.0 Å². The Kier molecular flexibility index (Phi) is 3.74. The summed E-state index contributed by atoms with van der Waals surface area (Å²) in [5.74, 6) is 0.803. The van der Waals surface area contributed by atoms with E-state index in [1.807, 2.05) is 17.8 Å². The summed E-state index contributed by atoms with van der Waals surface area (Å²) in [6, 6.07) is 0. The van der Waals surface area contributed by atoms with E-state index in [1.165, 1.54) is 15.7 Å². The summed E-state index contributed by atoms with van der Waals surface area (Å²) in [7, 11) is -1.86. The average molecular weight is 346 g/mol. The minimum atomic E-state index is -3.72. The fourth-order valence-corrected chi connectivity index (χ4v) is 4.46. The Labute approximate surface area is 130 Å². The fourth-order valence-electron chi connectivity index (χ4n) is 1.98. The maximum absolute atomic E-state index is 12.4. The molecule has 0 aliphatic heterocycles. The fraction of sp³-hybridized carbons (Fsp3) is 0.273. The topological polar surface area (TPSA) is 81.3 Å². The molecular formula is C11H12ClN5O2S2. The van der Waals surface area contributed by atoms with Crippen LogP contribution in [0.25, 0.3) is 4.96 Å². The van der Waals surface area contributed by atoms with Crippen LogP contribution in [0.3, 0.4) is 0 Å². The van der Waals surface area contributed by atoms with Gasteiger partial charge in [0.2, 0.25) is 0 Å². The number of hydrogen-bond donors (Lipinski definition) is 1. The van der Waals surface area contributed by atoms with E-state index in [2.05, 4.69) is 14.7 Å². The molecule has 0 aliphatic carbocycles. The standard InChI is InChI=1S/C11H12ClN5O2S2/c1-16-5-4-13-8(16)2-3-14-21(18,19)10-9(12)15-11-17(10)6-7-20-11/h4-7,14H,2-3H2,1H3. The molecule has 112 valence electrons. The van der Waals surface area contributed by atoms with Crippen LogP contribution in [0.4, 0.5) is 0 Å². The van der Waals surface area contributed by atoms with Crippen LogP contribution in [-0.2, 0) is 23.5 Å². The van der Waals surface area contributed by atoms with Crippen molar-refractivity contribution in [1.29, 1.82) is 0 Å². The number of fused-ring (bicyclic) bond motifs is 1. The first-order valence-electron chi connectivity index (χ1n) is 6.06. The second kappa shape index (κ2) is 5.41. The van der Waals surface area contributed by atoms with Gasteiger partial charge in [-0.15, -0.1) is 11.3 Å². The number of rotatable bonds is 5. The van der Waals surface area contributed by atoms with E-state index in [9.17, 15) is 8.42 Å². The van der Waals surface area contributed by atoms with Gasteiger partial charge < -0.3 is 4.57 Å². The molecule has 0 radical (unpaired) electrons. The quantitative estimate of drug-likeness (QED) is 0.755. The van der Waals surface area contributed by atoms with Gasteiger partial charge in [-0.3, -0.25) is 4.40 Å². The van der Waals surface area contributed by atoms with Gasteiger partial charge in [-0.2, -0.15) is 0 Å². The molecule has 3 aromatic rings. The molecule has 0 bridgehead atoms. The molecule has 0 saturated carbocycles. The first-order valence-corrected chi connectivity index (χ1v) is 8.80. The van der Waals surface area contributed by atoms with Crippen LogP contribution in [0.5, 0.6) is 0 Å². The minimum absolute atomic E-state index is 0.0219. The van der Waals surface area contributed by atoms with E-state index in [0.717, 1.165) is 5.82 Å². The van der Waals surface area contributed by atoms with Crippen LogP contribution < -0.4 is 4.72 Å². The van der Waals surface area contributed by atoms with Gasteiger partial charge in [0.25, 0.3) is 10.0 Å². The summed E-state index contributed by atoms with van der Waals surface area (Å²) in [4.78, 5) is 8.71. The van der Waals surface area contributed by atoms with Gasteiger partial charge in [0.1, 0.15) is 5.82 Å². The third kappa shape index (κ3) is 2.69. The summed E-state index contributed by atoms with van der Waals surface area (Å²) in [6.07, 6.45) is 5.61. The smallest absolute Gasteiger partial charge is 0.259 e. The first kappa shape index (κ1) is 14.5. The number of nitrogens with zero attached hydrogens (tertiary/aromatic N) is 4. The Morgan fingerprint density at radius 3 is 2.95 bits per heavy atom. The van der Waals surface area contributed by atoms with Crippen molar-refractivity contribution in [3.63, 3.8) is 0 Å². The zero-order valence-electron chi connectivity index (χ0n) is 11.0. The first-order chi connectivity index (χ1) is 9.99. The molecule has 10 heteroatoms. The molecule has 0 atom stereocenters. The lowest BCUT2D eigenvalue weighted by Crippen LogP contribution is -2.27. The number of aryl methyl sites for hydroxylation is 1. The summed E-state index contributed by atoms with van der Waals surface area (Å²) in [6.45, 7) is 0.237. The number of thiazole rings is 1. The van der Waals surface area contributed by atoms with Crippen LogP contribution in [0.2, 0.25) is 5.15 Å². The van der Waals surface area contributed by atoms with Crippen molar-refractivity contribution in [1.82, 2.24) is 23.7 Å². The second-order valence-corrected chi connectivity index (χ2v) is 7.28. The van der Waals surface area contributed by atoms with Gasteiger partial charge in [-0.25, -0.2) is 23.1 Å². The normalized spacial score (nSPS) is 12.3. The van der Waals surface area contributed by atoms with Crippen molar-refractivity contribution >= 4 is 37.9 Å². The Balaban J connectivity index is 1.79. The molecule has 0 saturated heterocycles. The van der Waals surface area contributed by atoms with Gasteiger partial charge in [0, 0.05) is 44.0 Å². The predicted octanol–water partition coefficient (Wildman–Crippen LogP) is 1.30. The molecular weight excluding hydrogens is 334 g/mol. The Morgan fingerprint density at radius 1 is 1.43 bits per heavy atom. The highest BCUT2D eigenvalue weighted by molar-refractivity contribution is 7.89. The summed E-state index contributed by atoms with van der Waals surface area (Å²) >= 11 is 7.26. The van der Waals surface area contributed by atoms with Crippen molar-refractivity contribution in [3.05, 3.63) is 34.9 Å². The number of halogens is 1. The van der Waals surface area contributed by atoms with E-state index in [-0.39, 0.29) is 16.7 Å². The molecule has 3 heterocycles. The maximum atomic E-state index is 12.4. The lowest BCUT2D eigenvalue weighted by molar-refractivity contribution is 0.575. The van der Waals surface area contributed by atoms with Gasteiger partial charge in [0.05, 0.1) is 0 Å². The van der Waals surface area contributed by atoms with Gasteiger partial charge in [0.15, 0.2) is 15.1 Å². The van der Waals surface area contributed by atoms with Crippen LogP contribution in [0, 0.1) is 0 Å². The molecule has 0 spiro atoms. The highest BCUT2D eigenvalue weighted by Gasteiger charge is 2.24. The van der Waals surface area contributed by atoms with E-state index in [1.54, 1.807) is 17.8 Å². The van der Waals surface area contributed by atoms with Crippen LogP contribution in [0.1, 0.15) is 5.82 Å². The van der Waals surface area contributed by atoms with E-state index >= 15 is 0 Å². The van der Waals surface area contributed by atoms with Crippen LogP contribution in [0.15, 0.2) is 29.0 Å². The Morgan fingerprint density at radius 2 is 2.24 bits per heavy atom. The molecule has 21 heavy (non-hydrogen) atoms. The number of nitrogens with one attached hydrogen (secondary N) is 1. The zero-order valence-corrected chi connectivity index (χ0v) is 13.4. The van der Waals surface area contributed by atoms with Crippen molar-refractivity contribution in [2.45, 2.75) is 11.4 Å². The molecule has 0 amide bonds.